The molecule has 0 spiro atoms. The van der Waals surface area contributed by atoms with Crippen molar-refractivity contribution < 1.29 is 19.7 Å². The molecule has 11 heavy (non-hydrogen) atoms. The van der Waals surface area contributed by atoms with Gasteiger partial charge in [-0.3, -0.25) is 0 Å². The van der Waals surface area contributed by atoms with E-state index in [0.717, 1.165) is 0 Å². The minimum Gasteiger partial charge on any atom is -0.450 e. The van der Waals surface area contributed by atoms with Gasteiger partial charge in [-0.15, -0.1) is 0 Å². The number of aliphatic hydroxyl groups is 1. The van der Waals surface area contributed by atoms with Gasteiger partial charge in [-0.05, 0) is 13.0 Å². The first-order chi connectivity index (χ1) is 5.20. The predicted molar refractivity (Wildman–Crippen MR) is 36.4 cm³/mol. The predicted octanol–water partition coefficient (Wildman–Crippen LogP) is -0.596. The smallest absolute Gasteiger partial charge is 0.450 e. The van der Waals surface area contributed by atoms with Gasteiger partial charge in [-0.25, -0.2) is 4.79 Å². The molecule has 0 saturated carbocycles. The highest BCUT2D eigenvalue weighted by atomic mass is 16.7. The van der Waals surface area contributed by atoms with Crippen LogP contribution in [0.3, 0.4) is 0 Å². The summed E-state index contributed by atoms with van der Waals surface area (Å²) in [6.45, 7) is 1.09. The maximum absolute atomic E-state index is 10.1. The highest BCUT2D eigenvalue weighted by molar-refractivity contribution is 5.57. The van der Waals surface area contributed by atoms with E-state index in [9.17, 15) is 4.79 Å². The lowest BCUT2D eigenvalue weighted by Crippen LogP contribution is -2.45. The first-order valence-electron chi connectivity index (χ1n) is 3.48. The van der Waals surface area contributed by atoms with Crippen molar-refractivity contribution in [3.63, 3.8) is 0 Å². The maximum atomic E-state index is 10.1. The Morgan fingerprint density at radius 1 is 1.64 bits per heavy atom. The molecule has 0 radical (unpaired) electrons. The molecule has 1 heterocycles. The summed E-state index contributed by atoms with van der Waals surface area (Å²) in [7, 11) is 0. The van der Waals surface area contributed by atoms with Gasteiger partial charge in [-0.1, -0.05) is 0 Å². The number of aliphatic hydroxyl groups excluding tert-OH is 1. The lowest BCUT2D eigenvalue weighted by molar-refractivity contribution is -0.0320. The van der Waals surface area contributed by atoms with Crippen LogP contribution in [0.1, 0.15) is 6.42 Å². The van der Waals surface area contributed by atoms with Crippen molar-refractivity contribution in [2.75, 3.05) is 13.1 Å². The average molecular weight is 161 g/mol. The third-order valence-electron chi connectivity index (χ3n) is 1.64. The van der Waals surface area contributed by atoms with E-state index in [1.807, 2.05) is 0 Å². The van der Waals surface area contributed by atoms with E-state index in [4.69, 9.17) is 10.2 Å². The molecule has 5 heteroatoms. The van der Waals surface area contributed by atoms with E-state index in [-0.39, 0.29) is 0 Å². The molecule has 0 aromatic carbocycles. The molecule has 0 aliphatic carbocycles. The summed E-state index contributed by atoms with van der Waals surface area (Å²) in [6, 6.07) is 0. The van der Waals surface area contributed by atoms with Crippen LogP contribution in [0, 0.1) is 0 Å². The van der Waals surface area contributed by atoms with Crippen LogP contribution < -0.4 is 5.32 Å². The molecule has 0 unspecified atom stereocenters. The molecule has 1 aliphatic rings. The molecule has 3 N–H and O–H groups in total. The first kappa shape index (κ1) is 8.29. The Hall–Kier alpha value is -0.810. The Morgan fingerprint density at radius 2 is 2.36 bits per heavy atom. The fraction of sp³-hybridized carbons (Fsp3) is 0.833. The quantitative estimate of drug-likeness (QED) is 0.448. The number of rotatable bonds is 1. The van der Waals surface area contributed by atoms with Gasteiger partial charge in [0.2, 0.25) is 0 Å². The number of β-amino-alcohol motifs (C(OH)–C–C–N with tert-alkyl or cyclic N) is 1. The molecule has 0 aromatic heterocycles. The second-order valence-corrected chi connectivity index (χ2v) is 2.48. The Balaban J connectivity index is 2.35. The van der Waals surface area contributed by atoms with Crippen LogP contribution in [-0.4, -0.2) is 41.7 Å². The maximum Gasteiger partial charge on any atom is 0.506 e. The fourth-order valence-corrected chi connectivity index (χ4v) is 1.09. The van der Waals surface area contributed by atoms with Gasteiger partial charge >= 0.3 is 6.16 Å². The third kappa shape index (κ3) is 2.36. The second kappa shape index (κ2) is 3.54. The van der Waals surface area contributed by atoms with Crippen LogP contribution in [0.25, 0.3) is 0 Å². The van der Waals surface area contributed by atoms with Crippen LogP contribution in [0.15, 0.2) is 0 Å². The molecule has 5 nitrogen and oxygen atoms in total. The van der Waals surface area contributed by atoms with E-state index in [1.165, 1.54) is 0 Å². The number of nitrogens with one attached hydrogen (secondary N) is 1. The van der Waals surface area contributed by atoms with Crippen LogP contribution >= 0.6 is 0 Å². The highest BCUT2D eigenvalue weighted by Gasteiger charge is 2.25. The number of carbonyl (C=O) groups is 1. The number of hydrogen-bond acceptors (Lipinski definition) is 4. The van der Waals surface area contributed by atoms with E-state index < -0.39 is 18.4 Å². The number of piperidine rings is 1. The summed E-state index contributed by atoms with van der Waals surface area (Å²) >= 11 is 0. The van der Waals surface area contributed by atoms with E-state index in [0.29, 0.717) is 19.5 Å². The Labute approximate surface area is 64.0 Å². The van der Waals surface area contributed by atoms with E-state index in [2.05, 4.69) is 10.1 Å². The van der Waals surface area contributed by atoms with Crippen molar-refractivity contribution in [2.24, 2.45) is 0 Å². The van der Waals surface area contributed by atoms with Crippen molar-refractivity contribution >= 4 is 6.16 Å². The van der Waals surface area contributed by atoms with Gasteiger partial charge in [0, 0.05) is 6.54 Å². The van der Waals surface area contributed by atoms with Crippen molar-refractivity contribution in [3.8, 4) is 0 Å². The second-order valence-electron chi connectivity index (χ2n) is 2.48. The van der Waals surface area contributed by atoms with E-state index in [1.54, 1.807) is 0 Å². The summed E-state index contributed by atoms with van der Waals surface area (Å²) in [4.78, 5) is 10.1. The van der Waals surface area contributed by atoms with Crippen molar-refractivity contribution in [1.29, 1.82) is 0 Å². The van der Waals surface area contributed by atoms with Crippen LogP contribution in [0.5, 0.6) is 0 Å². The molecule has 0 amide bonds. The lowest BCUT2D eigenvalue weighted by Gasteiger charge is -2.26. The summed E-state index contributed by atoms with van der Waals surface area (Å²) in [6.07, 6.45) is -2.06. The standard InChI is InChI=1S/C6H11NO4/c8-4-3-7-2-1-5(4)11-6(9)10/h4-5,7-8H,1-3H2,(H,9,10)/t4-,5+/m1/s1. The molecular formula is C6H11NO4. The van der Waals surface area contributed by atoms with Crippen LogP contribution in [0.4, 0.5) is 4.79 Å². The number of hydrogen-bond donors (Lipinski definition) is 3. The molecule has 0 aromatic rings. The lowest BCUT2D eigenvalue weighted by atomic mass is 10.1. The first-order valence-corrected chi connectivity index (χ1v) is 3.48. The normalized spacial score (nSPS) is 31.4. The summed E-state index contributed by atoms with van der Waals surface area (Å²) in [5.41, 5.74) is 0. The zero-order valence-corrected chi connectivity index (χ0v) is 5.99. The van der Waals surface area contributed by atoms with Gasteiger partial charge in [-0.2, -0.15) is 0 Å². The largest absolute Gasteiger partial charge is 0.506 e. The van der Waals surface area contributed by atoms with Crippen molar-refractivity contribution in [1.82, 2.24) is 5.32 Å². The van der Waals surface area contributed by atoms with Gasteiger partial charge in [0.15, 0.2) is 0 Å². The Morgan fingerprint density at radius 3 is 2.91 bits per heavy atom. The molecule has 1 fully saturated rings. The molecule has 1 rings (SSSR count). The SMILES string of the molecule is O=C(O)O[C@H]1CCNC[C@H]1O. The summed E-state index contributed by atoms with van der Waals surface area (Å²) in [5, 5.41) is 20.3. The molecule has 0 bridgehead atoms. The minimum atomic E-state index is -1.32. The molecule has 1 aliphatic heterocycles. The topological polar surface area (TPSA) is 78.8 Å². The summed E-state index contributed by atoms with van der Waals surface area (Å²) < 4.78 is 4.43. The number of ether oxygens (including phenoxy) is 1. The monoisotopic (exact) mass is 161 g/mol. The van der Waals surface area contributed by atoms with Crippen molar-refractivity contribution in [2.45, 2.75) is 18.6 Å². The van der Waals surface area contributed by atoms with Crippen LogP contribution in [0.2, 0.25) is 0 Å². The third-order valence-corrected chi connectivity index (χ3v) is 1.64. The number of carboxylic acid groups (broad SMARTS) is 1. The van der Waals surface area contributed by atoms with Gasteiger partial charge in [0.05, 0.1) is 0 Å². The summed E-state index contributed by atoms with van der Waals surface area (Å²) in [5.74, 6) is 0. The average Bonchev–Trinajstić information content (AvgIpc) is 1.93. The molecular weight excluding hydrogens is 150 g/mol. The van der Waals surface area contributed by atoms with Gasteiger partial charge in [0.1, 0.15) is 12.2 Å². The van der Waals surface area contributed by atoms with Gasteiger partial charge in [0.25, 0.3) is 0 Å². The van der Waals surface area contributed by atoms with Crippen LogP contribution in [-0.2, 0) is 4.74 Å². The molecule has 64 valence electrons. The Kier molecular flexibility index (Phi) is 2.67. The van der Waals surface area contributed by atoms with Crippen molar-refractivity contribution in [3.05, 3.63) is 0 Å². The fourth-order valence-electron chi connectivity index (χ4n) is 1.09. The zero-order chi connectivity index (χ0) is 8.27. The minimum absolute atomic E-state index is 0.401. The zero-order valence-electron chi connectivity index (χ0n) is 5.99. The molecule has 1 saturated heterocycles. The Bertz CT molecular complexity index is 150. The van der Waals surface area contributed by atoms with Gasteiger partial charge < -0.3 is 20.3 Å². The highest BCUT2D eigenvalue weighted by Crippen LogP contribution is 2.07. The molecule has 2 atom stereocenters. The van der Waals surface area contributed by atoms with E-state index >= 15 is 0 Å².